The molecule has 1 fully saturated rings. The maximum atomic E-state index is 10.8. The van der Waals surface area contributed by atoms with E-state index in [9.17, 15) is 4.79 Å². The largest absolute Gasteiger partial charge is 0.369 e. The Balaban J connectivity index is 2.11. The summed E-state index contributed by atoms with van der Waals surface area (Å²) in [6.07, 6.45) is 0.930. The summed E-state index contributed by atoms with van der Waals surface area (Å²) in [4.78, 5) is 10.8. The lowest BCUT2D eigenvalue weighted by Crippen LogP contribution is -2.13. The summed E-state index contributed by atoms with van der Waals surface area (Å²) >= 11 is 0. The molecule has 0 unspecified atom stereocenters. The molecular weight excluding hydrogens is 150 g/mol. The molecule has 1 aliphatic rings. The summed E-state index contributed by atoms with van der Waals surface area (Å²) in [6.45, 7) is 0. The van der Waals surface area contributed by atoms with Crippen molar-refractivity contribution in [1.82, 2.24) is 0 Å². The predicted molar refractivity (Wildman–Crippen MR) is 46.5 cm³/mol. The van der Waals surface area contributed by atoms with Gasteiger partial charge in [0.25, 0.3) is 0 Å². The van der Waals surface area contributed by atoms with Crippen molar-refractivity contribution in [3.63, 3.8) is 0 Å². The van der Waals surface area contributed by atoms with Crippen LogP contribution in [0.4, 0.5) is 0 Å². The zero-order chi connectivity index (χ0) is 8.55. The van der Waals surface area contributed by atoms with Crippen LogP contribution in [0.3, 0.4) is 0 Å². The van der Waals surface area contributed by atoms with Crippen molar-refractivity contribution >= 4 is 5.91 Å². The molecule has 0 radical (unpaired) electrons. The monoisotopic (exact) mass is 161 g/mol. The second-order valence-electron chi connectivity index (χ2n) is 3.26. The minimum absolute atomic E-state index is 0.0902. The number of primary amides is 1. The van der Waals surface area contributed by atoms with Gasteiger partial charge in [0.2, 0.25) is 5.91 Å². The van der Waals surface area contributed by atoms with Crippen LogP contribution in [-0.2, 0) is 4.79 Å². The lowest BCUT2D eigenvalue weighted by molar-refractivity contribution is -0.119. The third kappa shape index (κ3) is 1.20. The van der Waals surface area contributed by atoms with Gasteiger partial charge >= 0.3 is 0 Å². The Morgan fingerprint density at radius 3 is 2.50 bits per heavy atom. The van der Waals surface area contributed by atoms with Gasteiger partial charge in [0.1, 0.15) is 0 Å². The molecule has 1 saturated carbocycles. The Morgan fingerprint density at radius 1 is 1.33 bits per heavy atom. The summed E-state index contributed by atoms with van der Waals surface area (Å²) in [7, 11) is 0. The van der Waals surface area contributed by atoms with E-state index in [1.807, 2.05) is 30.3 Å². The highest BCUT2D eigenvalue weighted by molar-refractivity contribution is 5.81. The Labute approximate surface area is 71.4 Å². The fraction of sp³-hybridized carbons (Fsp3) is 0.300. The summed E-state index contributed by atoms with van der Waals surface area (Å²) in [5, 5.41) is 0. The molecule has 2 heteroatoms. The molecule has 0 heterocycles. The standard InChI is InChI=1S/C10H11NO/c11-10(12)9-6-8(9)7-4-2-1-3-5-7/h1-5,8-9H,6H2,(H2,11,12)/t8-,9-/m0/s1. The van der Waals surface area contributed by atoms with Gasteiger partial charge in [-0.05, 0) is 17.9 Å². The quantitative estimate of drug-likeness (QED) is 0.697. The normalized spacial score (nSPS) is 26.7. The molecule has 1 amide bonds. The van der Waals surface area contributed by atoms with Gasteiger partial charge in [-0.3, -0.25) is 4.79 Å². The Hall–Kier alpha value is -1.31. The number of hydrogen-bond donors (Lipinski definition) is 1. The fourth-order valence-electron chi connectivity index (χ4n) is 1.58. The van der Waals surface area contributed by atoms with Crippen molar-refractivity contribution in [2.75, 3.05) is 0 Å². The predicted octanol–water partition coefficient (Wildman–Crippen LogP) is 1.28. The van der Waals surface area contributed by atoms with Crippen molar-refractivity contribution < 1.29 is 4.79 Å². The SMILES string of the molecule is NC(=O)[C@H]1C[C@H]1c1ccccc1. The van der Waals surface area contributed by atoms with Crippen molar-refractivity contribution in [3.05, 3.63) is 35.9 Å². The highest BCUT2D eigenvalue weighted by Crippen LogP contribution is 2.46. The van der Waals surface area contributed by atoms with Crippen LogP contribution in [0, 0.1) is 5.92 Å². The van der Waals surface area contributed by atoms with Crippen LogP contribution in [0.25, 0.3) is 0 Å². The average molecular weight is 161 g/mol. The lowest BCUT2D eigenvalue weighted by Gasteiger charge is -1.95. The molecule has 1 aliphatic carbocycles. The first-order chi connectivity index (χ1) is 5.79. The van der Waals surface area contributed by atoms with E-state index >= 15 is 0 Å². The smallest absolute Gasteiger partial charge is 0.221 e. The molecule has 0 spiro atoms. The van der Waals surface area contributed by atoms with Gasteiger partial charge < -0.3 is 5.73 Å². The molecule has 12 heavy (non-hydrogen) atoms. The minimum atomic E-state index is -0.163. The molecule has 0 aromatic heterocycles. The van der Waals surface area contributed by atoms with Crippen molar-refractivity contribution in [3.8, 4) is 0 Å². The number of nitrogens with two attached hydrogens (primary N) is 1. The van der Waals surface area contributed by atoms with E-state index in [0.29, 0.717) is 5.92 Å². The van der Waals surface area contributed by atoms with E-state index in [1.54, 1.807) is 0 Å². The van der Waals surface area contributed by atoms with Crippen LogP contribution >= 0.6 is 0 Å². The molecule has 62 valence electrons. The molecular formula is C10H11NO. The number of carbonyl (C=O) groups excluding carboxylic acids is 1. The number of amides is 1. The van der Waals surface area contributed by atoms with E-state index in [-0.39, 0.29) is 11.8 Å². The Morgan fingerprint density at radius 2 is 2.00 bits per heavy atom. The maximum Gasteiger partial charge on any atom is 0.221 e. The lowest BCUT2D eigenvalue weighted by atomic mass is 10.1. The molecule has 2 atom stereocenters. The van der Waals surface area contributed by atoms with Crippen molar-refractivity contribution in [2.24, 2.45) is 11.7 Å². The number of rotatable bonds is 2. The number of carbonyl (C=O) groups is 1. The molecule has 0 saturated heterocycles. The van der Waals surface area contributed by atoms with E-state index in [4.69, 9.17) is 5.73 Å². The van der Waals surface area contributed by atoms with Crippen molar-refractivity contribution in [1.29, 1.82) is 0 Å². The Bertz CT molecular complexity index is 294. The van der Waals surface area contributed by atoms with Crippen LogP contribution in [0.2, 0.25) is 0 Å². The first kappa shape index (κ1) is 7.35. The van der Waals surface area contributed by atoms with Gasteiger partial charge in [-0.2, -0.15) is 0 Å². The molecule has 1 aromatic carbocycles. The van der Waals surface area contributed by atoms with Crippen LogP contribution in [-0.4, -0.2) is 5.91 Å². The van der Waals surface area contributed by atoms with Gasteiger partial charge in [0, 0.05) is 5.92 Å². The Kier molecular flexibility index (Phi) is 1.61. The molecule has 2 rings (SSSR count). The molecule has 2 N–H and O–H groups in total. The third-order valence-corrected chi connectivity index (χ3v) is 2.38. The van der Waals surface area contributed by atoms with Gasteiger partial charge in [-0.1, -0.05) is 30.3 Å². The molecule has 1 aromatic rings. The first-order valence-corrected chi connectivity index (χ1v) is 4.13. The van der Waals surface area contributed by atoms with Crippen molar-refractivity contribution in [2.45, 2.75) is 12.3 Å². The van der Waals surface area contributed by atoms with E-state index in [0.717, 1.165) is 6.42 Å². The summed E-state index contributed by atoms with van der Waals surface area (Å²) in [5.41, 5.74) is 6.42. The fourth-order valence-corrected chi connectivity index (χ4v) is 1.58. The van der Waals surface area contributed by atoms with Crippen LogP contribution in [0.5, 0.6) is 0 Å². The van der Waals surface area contributed by atoms with Crippen LogP contribution < -0.4 is 5.73 Å². The van der Waals surface area contributed by atoms with Crippen LogP contribution in [0.15, 0.2) is 30.3 Å². The zero-order valence-corrected chi connectivity index (χ0v) is 6.73. The number of hydrogen-bond acceptors (Lipinski definition) is 1. The first-order valence-electron chi connectivity index (χ1n) is 4.13. The third-order valence-electron chi connectivity index (χ3n) is 2.38. The second-order valence-corrected chi connectivity index (χ2v) is 3.26. The maximum absolute atomic E-state index is 10.8. The molecule has 0 aliphatic heterocycles. The summed E-state index contributed by atoms with van der Waals surface area (Å²) in [6, 6.07) is 10.1. The van der Waals surface area contributed by atoms with Gasteiger partial charge in [0.15, 0.2) is 0 Å². The van der Waals surface area contributed by atoms with Gasteiger partial charge in [-0.15, -0.1) is 0 Å². The van der Waals surface area contributed by atoms with Gasteiger partial charge in [-0.25, -0.2) is 0 Å². The second kappa shape index (κ2) is 2.63. The van der Waals surface area contributed by atoms with Crippen LogP contribution in [0.1, 0.15) is 17.9 Å². The molecule has 0 bridgehead atoms. The van der Waals surface area contributed by atoms with E-state index in [1.165, 1.54) is 5.56 Å². The number of benzene rings is 1. The minimum Gasteiger partial charge on any atom is -0.369 e. The summed E-state index contributed by atoms with van der Waals surface area (Å²) in [5.74, 6) is 0.319. The molecule has 2 nitrogen and oxygen atoms in total. The van der Waals surface area contributed by atoms with Gasteiger partial charge in [0.05, 0.1) is 0 Å². The average Bonchev–Trinajstić information content (AvgIpc) is 2.84. The topological polar surface area (TPSA) is 43.1 Å². The summed E-state index contributed by atoms with van der Waals surface area (Å²) < 4.78 is 0. The van der Waals surface area contributed by atoms with E-state index < -0.39 is 0 Å². The highest BCUT2D eigenvalue weighted by atomic mass is 16.1. The van der Waals surface area contributed by atoms with E-state index in [2.05, 4.69) is 0 Å². The zero-order valence-electron chi connectivity index (χ0n) is 6.73. The highest BCUT2D eigenvalue weighted by Gasteiger charge is 2.42.